The number of carbonyl (C=O) groups is 2. The maximum absolute atomic E-state index is 12.8. The molecule has 0 amide bonds. The van der Waals surface area contributed by atoms with Crippen molar-refractivity contribution in [2.75, 3.05) is 0 Å². The summed E-state index contributed by atoms with van der Waals surface area (Å²) >= 11 is 0. The van der Waals surface area contributed by atoms with Gasteiger partial charge in [-0.2, -0.15) is 0 Å². The Hall–Kier alpha value is -3.70. The van der Waals surface area contributed by atoms with E-state index in [2.05, 4.69) is 174 Å². The van der Waals surface area contributed by atoms with E-state index in [1.807, 2.05) is 0 Å². The van der Waals surface area contributed by atoms with Gasteiger partial charge in [0.15, 0.2) is 0 Å². The topological polar surface area (TPSA) is 65.1 Å². The Labute approximate surface area is 423 Å². The van der Waals surface area contributed by atoms with Crippen molar-refractivity contribution in [3.63, 3.8) is 0 Å². The van der Waals surface area contributed by atoms with Gasteiger partial charge in [-0.15, -0.1) is 0 Å². The van der Waals surface area contributed by atoms with Crippen LogP contribution in [0.4, 0.5) is 0 Å². The molecule has 386 valence electrons. The second-order valence-corrected chi connectivity index (χ2v) is 22.7. The lowest BCUT2D eigenvalue weighted by atomic mass is 9.63. The summed E-state index contributed by atoms with van der Waals surface area (Å²) in [7, 11) is 0. The molecule has 0 aromatic rings. The molecule has 1 heterocycles. The predicted octanol–water partition coefficient (Wildman–Crippen LogP) is 18.6. The summed E-state index contributed by atoms with van der Waals surface area (Å²) in [5.74, 6) is 0.189. The molecule has 0 radical (unpaired) electrons. The van der Waals surface area contributed by atoms with Gasteiger partial charge in [0.2, 0.25) is 0 Å². The van der Waals surface area contributed by atoms with Gasteiger partial charge in [0.25, 0.3) is 0 Å². The molecule has 5 heteroatoms. The van der Waals surface area contributed by atoms with E-state index in [-0.39, 0.29) is 46.2 Å². The maximum Gasteiger partial charge on any atom is 0.306 e. The van der Waals surface area contributed by atoms with Gasteiger partial charge >= 0.3 is 11.9 Å². The van der Waals surface area contributed by atoms with Crippen LogP contribution >= 0.6 is 0 Å². The number of hydrogen-bond acceptors (Lipinski definition) is 5. The number of epoxide rings is 1. The summed E-state index contributed by atoms with van der Waals surface area (Å²) in [5, 5.41) is 0. The zero-order chi connectivity index (χ0) is 50.8. The molecule has 3 rings (SSSR count). The first-order valence-corrected chi connectivity index (χ1v) is 27.7. The standard InChI is InChI=1S/C64H100O5/c1-13-15-17-19-21-23-25-27-29-41-59(65)67-56-47-55(7)58(61(8,9)48-56)44-43-53(5)39-33-37-51(3)35-31-32-36-52(4)38-34-40-54(6)45-46-64-62(10,11)49-57(50-63(64,12)69-64)68-60(66)42-30-28-26-24-22-20-18-16-14-2/h31-40,43-47,56-58H,13-30,41-42,48-50H2,1-12H3/b32-31+,37-33+,38-34+,44-43+,46-45+,51-35+,52-36+,53-39+,54-40+/t56-,57-,58-,63+,64-/m0/s1. The first-order valence-electron chi connectivity index (χ1n) is 27.7. The van der Waals surface area contributed by atoms with E-state index in [9.17, 15) is 9.59 Å². The summed E-state index contributed by atoms with van der Waals surface area (Å²) in [5.41, 5.74) is 5.13. The first kappa shape index (κ1) is 59.6. The van der Waals surface area contributed by atoms with Crippen LogP contribution < -0.4 is 0 Å². The number of ether oxygens (including phenoxy) is 3. The molecule has 1 saturated heterocycles. The highest BCUT2D eigenvalue weighted by Gasteiger charge is 2.75. The van der Waals surface area contributed by atoms with Gasteiger partial charge in [0.05, 0.1) is 0 Å². The lowest BCUT2D eigenvalue weighted by Crippen LogP contribution is -2.47. The number of rotatable bonds is 32. The molecule has 0 spiro atoms. The quantitative estimate of drug-likeness (QED) is 0.0221. The lowest BCUT2D eigenvalue weighted by Gasteiger charge is -2.40. The van der Waals surface area contributed by atoms with Crippen molar-refractivity contribution in [1.82, 2.24) is 0 Å². The van der Waals surface area contributed by atoms with E-state index in [1.165, 1.54) is 112 Å². The van der Waals surface area contributed by atoms with E-state index >= 15 is 0 Å². The molecule has 0 bridgehead atoms. The number of carbonyl (C=O) groups excluding carboxylic acids is 2. The molecular weight excluding hydrogens is 849 g/mol. The van der Waals surface area contributed by atoms with Crippen LogP contribution in [0.1, 0.15) is 231 Å². The van der Waals surface area contributed by atoms with E-state index in [0.717, 1.165) is 50.5 Å². The highest BCUT2D eigenvalue weighted by atomic mass is 16.6. The van der Waals surface area contributed by atoms with E-state index < -0.39 is 0 Å². The Kier molecular flexibility index (Phi) is 26.7. The van der Waals surface area contributed by atoms with Crippen LogP contribution in [0.15, 0.2) is 119 Å². The molecule has 5 atom stereocenters. The van der Waals surface area contributed by atoms with Crippen molar-refractivity contribution >= 4 is 11.9 Å². The smallest absolute Gasteiger partial charge is 0.306 e. The fourth-order valence-electron chi connectivity index (χ4n) is 10.8. The minimum Gasteiger partial charge on any atom is -0.462 e. The highest BCUT2D eigenvalue weighted by molar-refractivity contribution is 5.70. The van der Waals surface area contributed by atoms with Gasteiger partial charge in [-0.05, 0) is 84.8 Å². The third kappa shape index (κ3) is 21.7. The molecule has 2 fully saturated rings. The summed E-state index contributed by atoms with van der Waals surface area (Å²) in [6.07, 6.45) is 57.9. The van der Waals surface area contributed by atoms with Crippen LogP contribution in [0.3, 0.4) is 0 Å². The second kappa shape index (κ2) is 30.9. The fraction of sp³-hybridized carbons (Fsp3) is 0.656. The second-order valence-electron chi connectivity index (χ2n) is 22.7. The molecule has 0 aromatic carbocycles. The zero-order valence-electron chi connectivity index (χ0n) is 46.2. The Balaban J connectivity index is 1.39. The molecule has 0 aromatic heterocycles. The Morgan fingerprint density at radius 1 is 0.565 bits per heavy atom. The maximum atomic E-state index is 12.8. The minimum atomic E-state index is -0.354. The van der Waals surface area contributed by atoms with Crippen LogP contribution in [0.25, 0.3) is 0 Å². The Morgan fingerprint density at radius 2 is 1.00 bits per heavy atom. The van der Waals surface area contributed by atoms with Gasteiger partial charge < -0.3 is 14.2 Å². The number of hydrogen-bond donors (Lipinski definition) is 0. The van der Waals surface area contributed by atoms with Crippen LogP contribution in [-0.4, -0.2) is 35.3 Å². The molecule has 2 aliphatic carbocycles. The van der Waals surface area contributed by atoms with Crippen LogP contribution in [-0.2, 0) is 23.8 Å². The molecule has 5 nitrogen and oxygen atoms in total. The molecule has 1 saturated carbocycles. The van der Waals surface area contributed by atoms with Gasteiger partial charge in [-0.25, -0.2) is 0 Å². The highest BCUT2D eigenvalue weighted by Crippen LogP contribution is 2.66. The van der Waals surface area contributed by atoms with Crippen molar-refractivity contribution in [2.24, 2.45) is 16.7 Å². The zero-order valence-corrected chi connectivity index (χ0v) is 46.2. The fourth-order valence-corrected chi connectivity index (χ4v) is 10.8. The average Bonchev–Trinajstić information content (AvgIpc) is 3.91. The SMILES string of the molecule is CCCCCCCCCCCC(=O)O[C@H]1CC(C)(C)[C@]2(/C=C/C(C)=C/C=C/C(C)=C/C=C/C=C(C)/C=C/C=C(C)/C=C/[C@H]3C(C)=C[C@H](OC(=O)CCCCCCCCCCC)CC3(C)C)O[C@]2(C)C1. The van der Waals surface area contributed by atoms with Crippen molar-refractivity contribution in [1.29, 1.82) is 0 Å². The van der Waals surface area contributed by atoms with Gasteiger partial charge in [-0.3, -0.25) is 9.59 Å². The largest absolute Gasteiger partial charge is 0.462 e. The summed E-state index contributed by atoms with van der Waals surface area (Å²) in [4.78, 5) is 25.4. The number of esters is 2. The first-order chi connectivity index (χ1) is 32.9. The lowest BCUT2D eigenvalue weighted by molar-refractivity contribution is -0.153. The molecule has 1 aliphatic heterocycles. The minimum absolute atomic E-state index is 0.00521. The number of unbranched alkanes of at least 4 members (excludes halogenated alkanes) is 16. The average molecular weight is 949 g/mol. The van der Waals surface area contributed by atoms with Gasteiger partial charge in [-0.1, -0.05) is 251 Å². The summed E-state index contributed by atoms with van der Waals surface area (Å²) in [6.45, 7) is 26.5. The molecular formula is C64H100O5. The number of fused-ring (bicyclic) bond motifs is 1. The predicted molar refractivity (Wildman–Crippen MR) is 295 cm³/mol. The van der Waals surface area contributed by atoms with Crippen LogP contribution in [0, 0.1) is 16.7 Å². The van der Waals surface area contributed by atoms with Crippen LogP contribution in [0.5, 0.6) is 0 Å². The van der Waals surface area contributed by atoms with Crippen molar-refractivity contribution < 1.29 is 23.8 Å². The molecule has 0 unspecified atom stereocenters. The molecule has 0 N–H and O–H groups in total. The molecule has 3 aliphatic rings. The summed E-state index contributed by atoms with van der Waals surface area (Å²) < 4.78 is 18.5. The van der Waals surface area contributed by atoms with Crippen molar-refractivity contribution in [3.8, 4) is 0 Å². The van der Waals surface area contributed by atoms with Crippen molar-refractivity contribution in [3.05, 3.63) is 119 Å². The van der Waals surface area contributed by atoms with E-state index in [4.69, 9.17) is 14.2 Å². The van der Waals surface area contributed by atoms with E-state index in [0.29, 0.717) is 18.8 Å². The Morgan fingerprint density at radius 3 is 1.48 bits per heavy atom. The third-order valence-corrected chi connectivity index (χ3v) is 14.9. The Bertz CT molecular complexity index is 1890. The van der Waals surface area contributed by atoms with E-state index in [1.54, 1.807) is 0 Å². The van der Waals surface area contributed by atoms with Gasteiger partial charge in [0.1, 0.15) is 23.4 Å². The van der Waals surface area contributed by atoms with Crippen LogP contribution in [0.2, 0.25) is 0 Å². The van der Waals surface area contributed by atoms with Gasteiger partial charge in [0, 0.05) is 30.6 Å². The van der Waals surface area contributed by atoms with Crippen molar-refractivity contribution in [2.45, 2.75) is 254 Å². The third-order valence-electron chi connectivity index (χ3n) is 14.9. The normalized spacial score (nSPS) is 25.3. The molecule has 69 heavy (non-hydrogen) atoms. The monoisotopic (exact) mass is 949 g/mol. The summed E-state index contributed by atoms with van der Waals surface area (Å²) in [6, 6.07) is 0. The number of allylic oxidation sites excluding steroid dienone is 18.